The number of carbonyl (C=O) groups excluding carboxylic acids is 1. The standard InChI is InChI=1S/C18H26N6OS/c1-4-19-18(21-11-9-17-22-12-14(3)26-17)20-10-8-16(25)24-15-7-5-6-13(2)23-15/h5-7,12H,4,8-11H2,1-3H3,(H2,19,20,21)(H,23,24,25). The number of hydrogen-bond donors (Lipinski definition) is 3. The van der Waals surface area contributed by atoms with Crippen LogP contribution in [-0.4, -0.2) is 41.5 Å². The van der Waals surface area contributed by atoms with Gasteiger partial charge in [-0.05, 0) is 32.9 Å². The van der Waals surface area contributed by atoms with Gasteiger partial charge in [-0.1, -0.05) is 6.07 Å². The highest BCUT2D eigenvalue weighted by Crippen LogP contribution is 2.11. The first-order chi connectivity index (χ1) is 12.6. The van der Waals surface area contributed by atoms with Gasteiger partial charge in [0.1, 0.15) is 5.82 Å². The Morgan fingerprint density at radius 3 is 2.81 bits per heavy atom. The van der Waals surface area contributed by atoms with Gasteiger partial charge in [-0.25, -0.2) is 9.97 Å². The van der Waals surface area contributed by atoms with E-state index < -0.39 is 0 Å². The molecule has 26 heavy (non-hydrogen) atoms. The first-order valence-electron chi connectivity index (χ1n) is 8.74. The van der Waals surface area contributed by atoms with Crippen LogP contribution in [-0.2, 0) is 11.2 Å². The number of nitrogens with one attached hydrogen (secondary N) is 3. The molecule has 140 valence electrons. The molecule has 0 radical (unpaired) electrons. The molecule has 1 amide bonds. The summed E-state index contributed by atoms with van der Waals surface area (Å²) in [7, 11) is 0. The minimum atomic E-state index is -0.0790. The highest BCUT2D eigenvalue weighted by atomic mass is 32.1. The molecule has 0 fully saturated rings. The summed E-state index contributed by atoms with van der Waals surface area (Å²) in [5.74, 6) is 1.21. The van der Waals surface area contributed by atoms with E-state index in [9.17, 15) is 4.79 Å². The minimum absolute atomic E-state index is 0.0790. The second kappa shape index (κ2) is 10.5. The predicted molar refractivity (Wildman–Crippen MR) is 107 cm³/mol. The Bertz CT molecular complexity index is 743. The quantitative estimate of drug-likeness (QED) is 0.487. The third kappa shape index (κ3) is 7.18. The van der Waals surface area contributed by atoms with Gasteiger partial charge < -0.3 is 16.0 Å². The zero-order valence-corrected chi connectivity index (χ0v) is 16.3. The van der Waals surface area contributed by atoms with Crippen molar-refractivity contribution < 1.29 is 4.79 Å². The van der Waals surface area contributed by atoms with E-state index in [2.05, 4.69) is 30.9 Å². The van der Waals surface area contributed by atoms with Crippen LogP contribution in [0.15, 0.2) is 29.4 Å². The first-order valence-corrected chi connectivity index (χ1v) is 9.55. The van der Waals surface area contributed by atoms with Crippen LogP contribution >= 0.6 is 11.3 Å². The molecule has 0 aromatic carbocycles. The normalized spacial score (nSPS) is 11.3. The second-order valence-corrected chi connectivity index (χ2v) is 7.08. The van der Waals surface area contributed by atoms with E-state index in [0.29, 0.717) is 31.3 Å². The number of nitrogens with zero attached hydrogens (tertiary/aromatic N) is 3. The zero-order valence-electron chi connectivity index (χ0n) is 15.5. The van der Waals surface area contributed by atoms with Gasteiger partial charge in [0.15, 0.2) is 5.96 Å². The Hall–Kier alpha value is -2.48. The molecule has 0 atom stereocenters. The van der Waals surface area contributed by atoms with Crippen molar-refractivity contribution in [1.82, 2.24) is 20.6 Å². The van der Waals surface area contributed by atoms with E-state index in [-0.39, 0.29) is 5.91 Å². The summed E-state index contributed by atoms with van der Waals surface area (Å²) in [4.78, 5) is 26.3. The fraction of sp³-hybridized carbons (Fsp3) is 0.444. The van der Waals surface area contributed by atoms with Crippen LogP contribution < -0.4 is 16.0 Å². The van der Waals surface area contributed by atoms with Gasteiger partial charge in [0, 0.05) is 49.2 Å². The number of rotatable bonds is 8. The molecule has 2 heterocycles. The van der Waals surface area contributed by atoms with Crippen LogP contribution in [0.1, 0.15) is 28.9 Å². The van der Waals surface area contributed by atoms with E-state index in [1.54, 1.807) is 17.4 Å². The van der Waals surface area contributed by atoms with Crippen LogP contribution in [0, 0.1) is 13.8 Å². The number of guanidine groups is 1. The lowest BCUT2D eigenvalue weighted by molar-refractivity contribution is -0.116. The Labute approximate surface area is 158 Å². The molecule has 2 aromatic heterocycles. The SMILES string of the molecule is CCNC(=NCCc1ncc(C)s1)NCCC(=O)Nc1cccc(C)n1. The number of pyridine rings is 1. The number of amides is 1. The van der Waals surface area contributed by atoms with Crippen molar-refractivity contribution in [2.75, 3.05) is 25.0 Å². The van der Waals surface area contributed by atoms with Crippen molar-refractivity contribution in [3.8, 4) is 0 Å². The molecule has 8 heteroatoms. The highest BCUT2D eigenvalue weighted by Gasteiger charge is 2.05. The summed E-state index contributed by atoms with van der Waals surface area (Å²) in [5, 5.41) is 10.3. The minimum Gasteiger partial charge on any atom is -0.357 e. The fourth-order valence-electron chi connectivity index (χ4n) is 2.23. The van der Waals surface area contributed by atoms with Gasteiger partial charge in [-0.3, -0.25) is 9.79 Å². The third-order valence-corrected chi connectivity index (χ3v) is 4.38. The molecule has 0 aliphatic rings. The maximum absolute atomic E-state index is 12.0. The van der Waals surface area contributed by atoms with Crippen LogP contribution in [0.2, 0.25) is 0 Å². The molecular formula is C18H26N6OS. The molecule has 2 aromatic rings. The Morgan fingerprint density at radius 2 is 2.12 bits per heavy atom. The van der Waals surface area contributed by atoms with Crippen molar-refractivity contribution in [2.24, 2.45) is 4.99 Å². The van der Waals surface area contributed by atoms with Gasteiger partial charge in [0.05, 0.1) is 5.01 Å². The van der Waals surface area contributed by atoms with Gasteiger partial charge in [-0.2, -0.15) is 0 Å². The molecule has 0 unspecified atom stereocenters. The van der Waals surface area contributed by atoms with Gasteiger partial charge in [-0.15, -0.1) is 11.3 Å². The molecule has 0 spiro atoms. The summed E-state index contributed by atoms with van der Waals surface area (Å²) in [6.45, 7) is 7.87. The third-order valence-electron chi connectivity index (χ3n) is 3.41. The average Bonchev–Trinajstić information content (AvgIpc) is 3.00. The molecule has 0 saturated heterocycles. The van der Waals surface area contributed by atoms with Gasteiger partial charge in [0.2, 0.25) is 5.91 Å². The van der Waals surface area contributed by atoms with Gasteiger partial charge >= 0.3 is 0 Å². The molecule has 3 N–H and O–H groups in total. The summed E-state index contributed by atoms with van der Waals surface area (Å²) in [6.07, 6.45) is 3.04. The number of carbonyl (C=O) groups is 1. The molecular weight excluding hydrogens is 348 g/mol. The number of aryl methyl sites for hydroxylation is 2. The van der Waals surface area contributed by atoms with Crippen LogP contribution in [0.5, 0.6) is 0 Å². The summed E-state index contributed by atoms with van der Waals surface area (Å²) < 4.78 is 0. The van der Waals surface area contributed by atoms with Crippen molar-refractivity contribution in [2.45, 2.75) is 33.6 Å². The average molecular weight is 375 g/mol. The lowest BCUT2D eigenvalue weighted by atomic mass is 10.3. The molecule has 2 rings (SSSR count). The number of anilines is 1. The van der Waals surface area contributed by atoms with E-state index in [4.69, 9.17) is 0 Å². The largest absolute Gasteiger partial charge is 0.357 e. The van der Waals surface area contributed by atoms with Crippen molar-refractivity contribution in [3.05, 3.63) is 40.0 Å². The number of hydrogen-bond acceptors (Lipinski definition) is 5. The lowest BCUT2D eigenvalue weighted by Gasteiger charge is -2.11. The number of aromatic nitrogens is 2. The van der Waals surface area contributed by atoms with E-state index >= 15 is 0 Å². The number of aliphatic imine (C=N–C) groups is 1. The second-order valence-electron chi connectivity index (χ2n) is 5.76. The Morgan fingerprint density at radius 1 is 1.27 bits per heavy atom. The molecule has 0 aliphatic heterocycles. The first kappa shape index (κ1) is 19.8. The maximum atomic E-state index is 12.0. The van der Waals surface area contributed by atoms with Crippen LogP contribution in [0.25, 0.3) is 0 Å². The molecule has 0 aliphatic carbocycles. The van der Waals surface area contributed by atoms with Crippen LogP contribution in [0.4, 0.5) is 5.82 Å². The Balaban J connectivity index is 1.74. The maximum Gasteiger partial charge on any atom is 0.227 e. The van der Waals surface area contributed by atoms with Crippen molar-refractivity contribution in [1.29, 1.82) is 0 Å². The lowest BCUT2D eigenvalue weighted by Crippen LogP contribution is -2.38. The van der Waals surface area contributed by atoms with E-state index in [1.165, 1.54) is 4.88 Å². The fourth-order valence-corrected chi connectivity index (χ4v) is 3.01. The monoisotopic (exact) mass is 374 g/mol. The topological polar surface area (TPSA) is 91.3 Å². The number of thiazole rings is 1. The molecule has 0 bridgehead atoms. The van der Waals surface area contributed by atoms with Gasteiger partial charge in [0.25, 0.3) is 0 Å². The molecule has 0 saturated carbocycles. The smallest absolute Gasteiger partial charge is 0.227 e. The molecule has 7 nitrogen and oxygen atoms in total. The van der Waals surface area contributed by atoms with Crippen molar-refractivity contribution in [3.63, 3.8) is 0 Å². The summed E-state index contributed by atoms with van der Waals surface area (Å²) >= 11 is 1.70. The predicted octanol–water partition coefficient (Wildman–Crippen LogP) is 2.28. The Kier molecular flexibility index (Phi) is 8.01. The summed E-state index contributed by atoms with van der Waals surface area (Å²) in [5.41, 5.74) is 0.873. The highest BCUT2D eigenvalue weighted by molar-refractivity contribution is 7.11. The van der Waals surface area contributed by atoms with Crippen LogP contribution in [0.3, 0.4) is 0 Å². The van der Waals surface area contributed by atoms with E-state index in [0.717, 1.165) is 23.7 Å². The zero-order chi connectivity index (χ0) is 18.8. The summed E-state index contributed by atoms with van der Waals surface area (Å²) in [6, 6.07) is 5.55. The van der Waals surface area contributed by atoms with Crippen molar-refractivity contribution >= 4 is 29.0 Å². The van der Waals surface area contributed by atoms with E-state index in [1.807, 2.05) is 39.1 Å².